The minimum Gasteiger partial charge on any atom is -0.368 e. The summed E-state index contributed by atoms with van der Waals surface area (Å²) in [4.78, 5) is 31.3. The Balaban J connectivity index is 0.000000124. The van der Waals surface area contributed by atoms with E-state index in [0.717, 1.165) is 0 Å². The lowest BCUT2D eigenvalue weighted by Crippen LogP contribution is -2.19. The van der Waals surface area contributed by atoms with Gasteiger partial charge < -0.3 is 4.98 Å². The molecular formula is C14H11N3O2S. The molecule has 2 aromatic heterocycles. The fraction of sp³-hybridized carbons (Fsp3) is 0. The van der Waals surface area contributed by atoms with E-state index in [9.17, 15) is 9.59 Å². The Labute approximate surface area is 118 Å². The van der Waals surface area contributed by atoms with Gasteiger partial charge in [-0.15, -0.1) is 0 Å². The van der Waals surface area contributed by atoms with E-state index in [0.29, 0.717) is 5.69 Å². The maximum atomic E-state index is 10.8. The first-order chi connectivity index (χ1) is 9.79. The van der Waals surface area contributed by atoms with E-state index in [1.807, 2.05) is 47.4 Å². The highest BCUT2D eigenvalue weighted by molar-refractivity contribution is 7.07. The van der Waals surface area contributed by atoms with Gasteiger partial charge in [-0.05, 0) is 29.0 Å². The molecule has 0 unspecified atom stereocenters. The molecule has 0 aliphatic carbocycles. The van der Waals surface area contributed by atoms with E-state index in [4.69, 9.17) is 0 Å². The van der Waals surface area contributed by atoms with E-state index in [1.165, 1.54) is 12.3 Å². The van der Waals surface area contributed by atoms with E-state index in [2.05, 4.69) is 15.0 Å². The monoisotopic (exact) mass is 285 g/mol. The first-order valence-corrected chi connectivity index (χ1v) is 6.70. The molecule has 6 heteroatoms. The summed E-state index contributed by atoms with van der Waals surface area (Å²) in [5, 5.41) is 4.08. The molecule has 5 nitrogen and oxygen atoms in total. The van der Waals surface area contributed by atoms with Crippen LogP contribution in [0.2, 0.25) is 0 Å². The molecule has 20 heavy (non-hydrogen) atoms. The van der Waals surface area contributed by atoms with E-state index >= 15 is 0 Å². The van der Waals surface area contributed by atoms with Gasteiger partial charge in [0.1, 0.15) is 5.69 Å². The lowest BCUT2D eigenvalue weighted by atomic mass is 10.4. The van der Waals surface area contributed by atoms with Crippen LogP contribution in [0.4, 0.5) is 0 Å². The Hall–Kier alpha value is -2.60. The summed E-state index contributed by atoms with van der Waals surface area (Å²) >= 11 is 1.71. The largest absolute Gasteiger partial charge is 0.368 e. The summed E-state index contributed by atoms with van der Waals surface area (Å²) in [6.45, 7) is 0. The number of nitrogens with one attached hydrogen (secondary N) is 1. The smallest absolute Gasteiger partial charge is 0.320 e. The summed E-state index contributed by atoms with van der Waals surface area (Å²) in [7, 11) is 0. The van der Waals surface area contributed by atoms with Crippen molar-refractivity contribution in [3.8, 4) is 11.4 Å². The molecule has 0 spiro atoms. The molecule has 2 aliphatic rings. The molecular weight excluding hydrogens is 274 g/mol. The summed E-state index contributed by atoms with van der Waals surface area (Å²) in [5.74, 6) is 0. The second-order valence-corrected chi connectivity index (χ2v) is 4.42. The van der Waals surface area contributed by atoms with Crippen LogP contribution in [0.25, 0.3) is 11.4 Å². The van der Waals surface area contributed by atoms with E-state index in [1.54, 1.807) is 11.3 Å². The number of aromatic amines is 1. The third-order valence-electron chi connectivity index (χ3n) is 2.23. The van der Waals surface area contributed by atoms with Crippen molar-refractivity contribution in [3.63, 3.8) is 0 Å². The maximum Gasteiger partial charge on any atom is 0.320 e. The topological polar surface area (TPSA) is 75.7 Å². The van der Waals surface area contributed by atoms with Gasteiger partial charge in [-0.3, -0.25) is 14.6 Å². The van der Waals surface area contributed by atoms with Crippen molar-refractivity contribution in [2.75, 3.05) is 0 Å². The van der Waals surface area contributed by atoms with Gasteiger partial charge >= 0.3 is 5.56 Å². The van der Waals surface area contributed by atoms with Gasteiger partial charge in [0.25, 0.3) is 5.43 Å². The van der Waals surface area contributed by atoms with Gasteiger partial charge in [-0.2, -0.15) is 11.3 Å². The molecule has 2 aromatic rings. The summed E-state index contributed by atoms with van der Waals surface area (Å²) in [6.07, 6.45) is 5.21. The minimum atomic E-state index is -0.710. The Morgan fingerprint density at radius 1 is 1.00 bits per heavy atom. The number of nitrogens with zero attached hydrogens (tertiary/aromatic N) is 2. The lowest BCUT2D eigenvalue weighted by molar-refractivity contribution is 1.30. The van der Waals surface area contributed by atoms with Gasteiger partial charge in [0.2, 0.25) is 0 Å². The number of H-pyrrole nitrogens is 1. The number of aromatic nitrogens is 3. The standard InChI is InChI=1S/C6H2N2O2.C4H5N.C4H4S/c9-5-4-3(1-2-7-4)8-6(5)10;2*1-2-4-5-3-1/h1-2H;1-5H;1-4H. The number of thiophene rings is 1. The SMILES string of the molecule is O=c1nc2ccnc-2c1=O.c1cc[nH]c1.c1ccsc1. The fourth-order valence-electron chi connectivity index (χ4n) is 1.36. The second kappa shape index (κ2) is 7.10. The van der Waals surface area contributed by atoms with Crippen LogP contribution in [0.1, 0.15) is 0 Å². The summed E-state index contributed by atoms with van der Waals surface area (Å²) in [6, 6.07) is 9.47. The van der Waals surface area contributed by atoms with Crippen molar-refractivity contribution in [1.29, 1.82) is 0 Å². The first kappa shape index (κ1) is 13.8. The molecule has 4 rings (SSSR count). The number of hydrogen-bond donors (Lipinski definition) is 1. The van der Waals surface area contributed by atoms with Gasteiger partial charge in [0.15, 0.2) is 0 Å². The minimum absolute atomic E-state index is 0.185. The van der Waals surface area contributed by atoms with Crippen molar-refractivity contribution >= 4 is 11.3 Å². The quantitative estimate of drug-likeness (QED) is 0.501. The predicted octanol–water partition coefficient (Wildman–Crippen LogP) is 1.94. The molecule has 1 N–H and O–H groups in total. The van der Waals surface area contributed by atoms with Crippen molar-refractivity contribution < 1.29 is 0 Å². The molecule has 0 radical (unpaired) electrons. The van der Waals surface area contributed by atoms with Crippen molar-refractivity contribution in [2.24, 2.45) is 0 Å². The van der Waals surface area contributed by atoms with Gasteiger partial charge in [0, 0.05) is 18.6 Å². The van der Waals surface area contributed by atoms with Crippen LogP contribution < -0.4 is 11.0 Å². The zero-order valence-electron chi connectivity index (χ0n) is 10.4. The number of fused-ring (bicyclic) bond motifs is 1. The van der Waals surface area contributed by atoms with E-state index < -0.39 is 11.0 Å². The second-order valence-electron chi connectivity index (χ2n) is 3.60. The zero-order valence-corrected chi connectivity index (χ0v) is 11.2. The third-order valence-corrected chi connectivity index (χ3v) is 2.86. The highest BCUT2D eigenvalue weighted by Crippen LogP contribution is 2.08. The molecule has 0 amide bonds. The average Bonchev–Trinajstić information content (AvgIpc) is 3.20. The molecule has 4 heterocycles. The Bertz CT molecular complexity index is 695. The molecule has 100 valence electrons. The Morgan fingerprint density at radius 2 is 1.70 bits per heavy atom. The molecule has 0 aromatic carbocycles. The van der Waals surface area contributed by atoms with Crippen molar-refractivity contribution in [2.45, 2.75) is 0 Å². The normalized spacial score (nSPS) is 9.40. The van der Waals surface area contributed by atoms with Crippen LogP contribution in [0.15, 0.2) is 69.3 Å². The highest BCUT2D eigenvalue weighted by Gasteiger charge is 2.14. The zero-order chi connectivity index (χ0) is 14.2. The fourth-order valence-corrected chi connectivity index (χ4v) is 1.81. The summed E-state index contributed by atoms with van der Waals surface area (Å²) < 4.78 is 0. The van der Waals surface area contributed by atoms with Crippen LogP contribution in [-0.4, -0.2) is 15.0 Å². The van der Waals surface area contributed by atoms with Crippen molar-refractivity contribution in [1.82, 2.24) is 15.0 Å². The Kier molecular flexibility index (Phi) is 4.91. The number of rotatable bonds is 0. The molecule has 0 atom stereocenters. The molecule has 2 aliphatic heterocycles. The highest BCUT2D eigenvalue weighted by atomic mass is 32.1. The van der Waals surface area contributed by atoms with Gasteiger partial charge in [-0.25, -0.2) is 4.98 Å². The average molecular weight is 285 g/mol. The predicted molar refractivity (Wildman–Crippen MR) is 78.7 cm³/mol. The molecule has 0 fully saturated rings. The Morgan fingerprint density at radius 3 is 2.15 bits per heavy atom. The first-order valence-electron chi connectivity index (χ1n) is 5.76. The maximum absolute atomic E-state index is 10.8. The summed E-state index contributed by atoms with van der Waals surface area (Å²) in [5.41, 5.74) is -0.724. The van der Waals surface area contributed by atoms with Crippen molar-refractivity contribution in [3.05, 3.63) is 80.3 Å². The van der Waals surface area contributed by atoms with Crippen LogP contribution in [0.3, 0.4) is 0 Å². The third kappa shape index (κ3) is 3.69. The van der Waals surface area contributed by atoms with Crippen LogP contribution in [0.5, 0.6) is 0 Å². The van der Waals surface area contributed by atoms with Crippen LogP contribution >= 0.6 is 11.3 Å². The van der Waals surface area contributed by atoms with E-state index in [-0.39, 0.29) is 5.69 Å². The van der Waals surface area contributed by atoms with Gasteiger partial charge in [0.05, 0.1) is 5.69 Å². The van der Waals surface area contributed by atoms with Gasteiger partial charge in [-0.1, -0.05) is 12.1 Å². The molecule has 0 saturated carbocycles. The number of hydrogen-bond acceptors (Lipinski definition) is 5. The molecule has 0 saturated heterocycles. The van der Waals surface area contributed by atoms with Crippen LogP contribution in [0, 0.1) is 0 Å². The van der Waals surface area contributed by atoms with Crippen LogP contribution in [-0.2, 0) is 0 Å². The lowest BCUT2D eigenvalue weighted by Gasteiger charge is -1.72. The molecule has 0 bridgehead atoms.